The van der Waals surface area contributed by atoms with Gasteiger partial charge in [-0.2, -0.15) is 0 Å². The van der Waals surface area contributed by atoms with E-state index < -0.39 is 16.7 Å². The predicted octanol–water partition coefficient (Wildman–Crippen LogP) is 7.29. The van der Waals surface area contributed by atoms with Crippen LogP contribution in [-0.2, 0) is 75.5 Å². The zero-order valence-electron chi connectivity index (χ0n) is 40.9. The number of halogens is 2. The molecule has 72 heavy (non-hydrogen) atoms. The average Bonchev–Trinajstić information content (AvgIpc) is 4.24. The van der Waals surface area contributed by atoms with Gasteiger partial charge in [0.05, 0.1) is 41.6 Å². The molecule has 3 N–H and O–H groups in total. The van der Waals surface area contributed by atoms with E-state index in [2.05, 4.69) is 5.32 Å². The number of nitrogens with one attached hydrogen (secondary N) is 2. The van der Waals surface area contributed by atoms with Crippen LogP contribution in [0.4, 0.5) is 8.78 Å². The van der Waals surface area contributed by atoms with Crippen LogP contribution in [0.3, 0.4) is 0 Å². The third kappa shape index (κ3) is 9.14. The first kappa shape index (κ1) is 49.7. The molecule has 6 aliphatic rings. The Labute approximate surface area is 416 Å². The molecule has 13 nitrogen and oxygen atoms in total. The predicted molar refractivity (Wildman–Crippen MR) is 261 cm³/mol. The minimum atomic E-state index is -0.554. The van der Waals surface area contributed by atoms with Crippen LogP contribution < -0.4 is 10.8 Å². The summed E-state index contributed by atoms with van der Waals surface area (Å²) >= 11 is 0. The molecule has 4 amide bonds. The molecular weight excluding hydrogens is 923 g/mol. The van der Waals surface area contributed by atoms with Crippen LogP contribution in [-0.4, -0.2) is 84.4 Å². The number of rotatable bonds is 7. The standard InChI is InChI=1S/C22H22FNO3.C21H21FN2O3.C14H15NO3/c1-14-6-7-15(10-19(14)23)13-24-9-8-22(21(24)26)11-16-4-3-5-17(18(16)12-22)20(25)27-2;1-13-5-6-14(9-18(13)22)12-24-8-7-21(20(24)26)10-15-3-2-4-16(17(15)11-21)19(25)23-27;1-18-12(16)10-4-2-3-9-7-14(8-11(9)10)5-6-15-13(14)17/h3-7,10H,8-9,11-13H2,1-2H3;2-6,9,27H,7-8,10-12H2,1H3,(H,23,25);2-4H,5-8H2,1H3,(H,15,17). The number of hydroxylamine groups is 1. The van der Waals surface area contributed by atoms with Gasteiger partial charge in [0.15, 0.2) is 0 Å². The molecule has 3 aliphatic heterocycles. The summed E-state index contributed by atoms with van der Waals surface area (Å²) in [6.07, 6.45) is 5.97. The zero-order chi connectivity index (χ0) is 51.1. The number of aryl methyl sites for hydroxylation is 2. The lowest BCUT2D eigenvalue weighted by atomic mass is 9.83. The number of methoxy groups -OCH3 is 2. The lowest BCUT2D eigenvalue weighted by molar-refractivity contribution is -0.136. The largest absolute Gasteiger partial charge is 0.465 e. The van der Waals surface area contributed by atoms with Gasteiger partial charge in [-0.3, -0.25) is 24.4 Å². The molecule has 3 unspecified atom stereocenters. The molecule has 0 radical (unpaired) electrons. The third-order valence-electron chi connectivity index (χ3n) is 15.9. The Morgan fingerprint density at radius 3 is 1.42 bits per heavy atom. The van der Waals surface area contributed by atoms with Gasteiger partial charge in [0, 0.05) is 38.3 Å². The summed E-state index contributed by atoms with van der Waals surface area (Å²) in [4.78, 5) is 77.7. The fraction of sp³-hybridized carbons (Fsp3) is 0.368. The molecular formula is C57H58F2N4O9. The van der Waals surface area contributed by atoms with E-state index in [4.69, 9.17) is 14.7 Å². The van der Waals surface area contributed by atoms with Crippen LogP contribution in [0.1, 0.15) is 106 Å². The summed E-state index contributed by atoms with van der Waals surface area (Å²) in [5.74, 6) is -1.48. The summed E-state index contributed by atoms with van der Waals surface area (Å²) in [6, 6.07) is 26.8. The minimum Gasteiger partial charge on any atom is -0.465 e. The highest BCUT2D eigenvalue weighted by atomic mass is 19.1. The van der Waals surface area contributed by atoms with Gasteiger partial charge in [-0.15, -0.1) is 0 Å². The summed E-state index contributed by atoms with van der Waals surface area (Å²) in [5.41, 5.74) is 10.5. The van der Waals surface area contributed by atoms with E-state index in [1.165, 1.54) is 26.4 Å². The Morgan fingerprint density at radius 1 is 0.597 bits per heavy atom. The Hall–Kier alpha value is -7.26. The zero-order valence-corrected chi connectivity index (χ0v) is 40.9. The maximum Gasteiger partial charge on any atom is 0.338 e. The molecule has 3 heterocycles. The first-order chi connectivity index (χ1) is 34.5. The van der Waals surface area contributed by atoms with Gasteiger partial charge >= 0.3 is 11.9 Å². The number of hydrogen-bond acceptors (Lipinski definition) is 9. The number of hydrogen-bond donors (Lipinski definition) is 3. The molecule has 3 saturated heterocycles. The second kappa shape index (κ2) is 19.7. The topological polar surface area (TPSA) is 172 Å². The molecule has 3 spiro atoms. The third-order valence-corrected chi connectivity index (χ3v) is 15.9. The van der Waals surface area contributed by atoms with Gasteiger partial charge in [0.1, 0.15) is 11.6 Å². The number of ether oxygens (including phenoxy) is 2. The van der Waals surface area contributed by atoms with Crippen LogP contribution in [0.2, 0.25) is 0 Å². The lowest BCUT2D eigenvalue weighted by Gasteiger charge is -2.23. The van der Waals surface area contributed by atoms with Gasteiger partial charge in [-0.05, 0) is 158 Å². The molecule has 5 aromatic rings. The second-order valence-electron chi connectivity index (χ2n) is 20.3. The Morgan fingerprint density at radius 2 is 1.01 bits per heavy atom. The second-order valence-corrected chi connectivity index (χ2v) is 20.3. The molecule has 374 valence electrons. The average molecular weight is 981 g/mol. The number of carbonyl (C=O) groups is 6. The number of amides is 4. The number of benzene rings is 5. The van der Waals surface area contributed by atoms with Crippen molar-refractivity contribution in [2.24, 2.45) is 16.2 Å². The van der Waals surface area contributed by atoms with Crippen molar-refractivity contribution in [3.63, 3.8) is 0 Å². The fourth-order valence-electron chi connectivity index (χ4n) is 11.9. The van der Waals surface area contributed by atoms with Crippen LogP contribution in [0.15, 0.2) is 91.0 Å². The number of likely N-dealkylation sites (tertiary alicyclic amines) is 2. The SMILES string of the molecule is COC(=O)c1cccc2c1CC1(CCN(Cc3ccc(C)c(F)c3)C1=O)C2.COC(=O)c1cccc2c1CC1(CCNC1=O)C2.Cc1ccc(CN2CCC3(Cc4cccc(C(=O)NO)c4C3)C2=O)cc1F. The van der Waals surface area contributed by atoms with E-state index in [-0.39, 0.29) is 46.7 Å². The van der Waals surface area contributed by atoms with E-state index >= 15 is 0 Å². The number of nitrogens with zero attached hydrogens (tertiary/aromatic N) is 2. The molecule has 3 aliphatic carbocycles. The quantitative estimate of drug-likeness (QED) is 0.0861. The van der Waals surface area contributed by atoms with Crippen molar-refractivity contribution in [3.8, 4) is 0 Å². The van der Waals surface area contributed by atoms with Gasteiger partial charge in [-0.25, -0.2) is 23.9 Å². The Bertz CT molecular complexity index is 2900. The fourth-order valence-corrected chi connectivity index (χ4v) is 11.9. The highest BCUT2D eigenvalue weighted by molar-refractivity contribution is 5.97. The van der Waals surface area contributed by atoms with Crippen LogP contribution >= 0.6 is 0 Å². The minimum absolute atomic E-state index is 0.0510. The van der Waals surface area contributed by atoms with Gasteiger partial charge < -0.3 is 24.6 Å². The van der Waals surface area contributed by atoms with Crippen LogP contribution in [0.25, 0.3) is 0 Å². The summed E-state index contributed by atoms with van der Waals surface area (Å²) in [7, 11) is 2.75. The van der Waals surface area contributed by atoms with Crippen LogP contribution in [0, 0.1) is 41.7 Å². The van der Waals surface area contributed by atoms with Gasteiger partial charge in [0.25, 0.3) is 5.91 Å². The molecule has 0 aromatic heterocycles. The first-order valence-corrected chi connectivity index (χ1v) is 24.3. The monoisotopic (exact) mass is 980 g/mol. The smallest absolute Gasteiger partial charge is 0.338 e. The summed E-state index contributed by atoms with van der Waals surface area (Å²) < 4.78 is 37.3. The maximum atomic E-state index is 13.8. The van der Waals surface area contributed by atoms with Crippen molar-refractivity contribution < 1.29 is 52.2 Å². The number of fused-ring (bicyclic) bond motifs is 3. The van der Waals surface area contributed by atoms with Crippen molar-refractivity contribution >= 4 is 35.6 Å². The molecule has 3 fully saturated rings. The van der Waals surface area contributed by atoms with E-state index in [0.29, 0.717) is 92.5 Å². The van der Waals surface area contributed by atoms with Crippen molar-refractivity contribution in [2.45, 2.75) is 84.7 Å². The molecule has 11 rings (SSSR count). The highest BCUT2D eigenvalue weighted by Crippen LogP contribution is 2.48. The van der Waals surface area contributed by atoms with Crippen molar-refractivity contribution in [1.29, 1.82) is 0 Å². The van der Waals surface area contributed by atoms with E-state index in [0.717, 1.165) is 70.3 Å². The normalized spacial score (nSPS) is 22.0. The first-order valence-electron chi connectivity index (χ1n) is 24.3. The van der Waals surface area contributed by atoms with Crippen LogP contribution in [0.5, 0.6) is 0 Å². The molecule has 15 heteroatoms. The molecule has 0 saturated carbocycles. The van der Waals surface area contributed by atoms with Gasteiger partial charge in [0.2, 0.25) is 17.7 Å². The Balaban J connectivity index is 0.000000136. The van der Waals surface area contributed by atoms with E-state index in [9.17, 15) is 37.5 Å². The molecule has 3 atom stereocenters. The van der Waals surface area contributed by atoms with Gasteiger partial charge in [-0.1, -0.05) is 60.7 Å². The molecule has 5 aromatic carbocycles. The van der Waals surface area contributed by atoms with Crippen molar-refractivity contribution in [2.75, 3.05) is 33.9 Å². The van der Waals surface area contributed by atoms with E-state index in [1.807, 2.05) is 47.4 Å². The van der Waals surface area contributed by atoms with E-state index in [1.54, 1.807) is 60.6 Å². The lowest BCUT2D eigenvalue weighted by Crippen LogP contribution is -2.35. The number of carbonyl (C=O) groups excluding carboxylic acids is 6. The van der Waals surface area contributed by atoms with Crippen molar-refractivity contribution in [3.05, 3.63) is 175 Å². The van der Waals surface area contributed by atoms with Crippen molar-refractivity contribution in [1.82, 2.24) is 20.6 Å². The summed E-state index contributed by atoms with van der Waals surface area (Å²) in [6.45, 7) is 6.24. The highest BCUT2D eigenvalue weighted by Gasteiger charge is 2.52. The summed E-state index contributed by atoms with van der Waals surface area (Å²) in [5, 5.41) is 11.9. The number of esters is 2. The molecule has 0 bridgehead atoms. The Kier molecular flexibility index (Phi) is 13.6. The maximum absolute atomic E-state index is 13.8.